The van der Waals surface area contributed by atoms with Crippen LogP contribution in [-0.4, -0.2) is 19.6 Å². The van der Waals surface area contributed by atoms with E-state index in [1.165, 1.54) is 35.9 Å². The molecule has 0 saturated carbocycles. The Bertz CT molecular complexity index is 1150. The minimum atomic E-state index is -4.07. The second kappa shape index (κ2) is 6.76. The van der Waals surface area contributed by atoms with Crippen molar-refractivity contribution < 1.29 is 22.0 Å². The fourth-order valence-corrected chi connectivity index (χ4v) is 4.03. The summed E-state index contributed by atoms with van der Waals surface area (Å²) in [6, 6.07) is 6.21. The Kier molecular flexibility index (Phi) is 4.80. The van der Waals surface area contributed by atoms with E-state index in [0.717, 1.165) is 6.07 Å². The van der Waals surface area contributed by atoms with E-state index in [9.17, 15) is 17.6 Å². The van der Waals surface area contributed by atoms with Gasteiger partial charge in [-0.15, -0.1) is 0 Å². The van der Waals surface area contributed by atoms with E-state index < -0.39 is 21.6 Å². The van der Waals surface area contributed by atoms with E-state index in [0.29, 0.717) is 5.52 Å². The van der Waals surface area contributed by atoms with E-state index in [4.69, 9.17) is 9.15 Å². The molecule has 26 heavy (non-hydrogen) atoms. The first-order valence-electron chi connectivity index (χ1n) is 7.47. The molecular formula is C16H14BrFN2O5S. The summed E-state index contributed by atoms with van der Waals surface area (Å²) >= 11 is 3.15. The van der Waals surface area contributed by atoms with E-state index in [2.05, 4.69) is 20.7 Å². The van der Waals surface area contributed by atoms with Crippen LogP contribution < -0.4 is 15.2 Å². The van der Waals surface area contributed by atoms with Gasteiger partial charge in [0.2, 0.25) is 0 Å². The van der Waals surface area contributed by atoms with Gasteiger partial charge in [-0.1, -0.05) is 0 Å². The molecule has 0 unspecified atom stereocenters. The molecule has 138 valence electrons. The minimum absolute atomic E-state index is 0.0478. The van der Waals surface area contributed by atoms with Crippen LogP contribution in [-0.2, 0) is 17.1 Å². The van der Waals surface area contributed by atoms with Crippen molar-refractivity contribution in [3.63, 3.8) is 0 Å². The Morgan fingerprint density at radius 2 is 2.04 bits per heavy atom. The SMILES string of the molecule is CCOc1c(Br)cc(F)cc1NS(=O)(=O)c1ccc2c(c1)oc(=O)n2C. The van der Waals surface area contributed by atoms with E-state index in [1.54, 1.807) is 6.92 Å². The molecule has 3 aromatic rings. The highest BCUT2D eigenvalue weighted by molar-refractivity contribution is 9.10. The third-order valence-electron chi connectivity index (χ3n) is 3.62. The highest BCUT2D eigenvalue weighted by Gasteiger charge is 2.21. The number of fused-ring (bicyclic) bond motifs is 1. The standard InChI is InChI=1S/C16H14BrFN2O5S/c1-3-24-15-11(17)6-9(18)7-12(15)19-26(22,23)10-4-5-13-14(8-10)25-16(21)20(13)2/h4-8,19H,3H2,1-2H3. The van der Waals surface area contributed by atoms with Gasteiger partial charge in [-0.05, 0) is 41.1 Å². The third kappa shape index (κ3) is 3.34. The van der Waals surface area contributed by atoms with Gasteiger partial charge in [0.25, 0.3) is 10.0 Å². The second-order valence-electron chi connectivity index (χ2n) is 5.36. The van der Waals surface area contributed by atoms with Crippen LogP contribution in [0, 0.1) is 5.82 Å². The lowest BCUT2D eigenvalue weighted by Gasteiger charge is -2.14. The number of nitrogens with zero attached hydrogens (tertiary/aromatic N) is 1. The average molecular weight is 445 g/mol. The highest BCUT2D eigenvalue weighted by atomic mass is 79.9. The zero-order valence-electron chi connectivity index (χ0n) is 13.7. The molecule has 0 aliphatic rings. The zero-order valence-corrected chi connectivity index (χ0v) is 16.1. The predicted molar refractivity (Wildman–Crippen MR) is 97.5 cm³/mol. The number of benzene rings is 2. The van der Waals surface area contributed by atoms with Crippen molar-refractivity contribution in [1.82, 2.24) is 4.57 Å². The Morgan fingerprint density at radius 1 is 1.31 bits per heavy atom. The second-order valence-corrected chi connectivity index (χ2v) is 7.90. The molecule has 10 heteroatoms. The molecule has 0 fully saturated rings. The monoisotopic (exact) mass is 444 g/mol. The summed E-state index contributed by atoms with van der Waals surface area (Å²) in [7, 11) is -2.56. The van der Waals surface area contributed by atoms with Crippen molar-refractivity contribution in [3.05, 3.63) is 51.2 Å². The van der Waals surface area contributed by atoms with Gasteiger partial charge in [0.1, 0.15) is 5.82 Å². The van der Waals surface area contributed by atoms with Gasteiger partial charge in [0.05, 0.1) is 27.2 Å². The Morgan fingerprint density at radius 3 is 2.73 bits per heavy atom. The van der Waals surface area contributed by atoms with Crippen molar-refractivity contribution in [3.8, 4) is 5.75 Å². The van der Waals surface area contributed by atoms with Gasteiger partial charge < -0.3 is 9.15 Å². The molecule has 1 N–H and O–H groups in total. The predicted octanol–water partition coefficient (Wildman–Crippen LogP) is 3.23. The maximum absolute atomic E-state index is 13.7. The van der Waals surface area contributed by atoms with E-state index in [1.807, 2.05) is 0 Å². The molecule has 3 rings (SSSR count). The number of ether oxygens (including phenoxy) is 1. The van der Waals surface area contributed by atoms with Crippen molar-refractivity contribution >= 4 is 42.7 Å². The minimum Gasteiger partial charge on any atom is -0.490 e. The molecule has 0 atom stereocenters. The number of hydrogen-bond acceptors (Lipinski definition) is 5. The van der Waals surface area contributed by atoms with Crippen LogP contribution in [0.1, 0.15) is 6.92 Å². The van der Waals surface area contributed by atoms with E-state index in [-0.39, 0.29) is 33.0 Å². The first kappa shape index (κ1) is 18.5. The Hall–Kier alpha value is -2.33. The van der Waals surface area contributed by atoms with Crippen LogP contribution in [0.25, 0.3) is 11.1 Å². The van der Waals surface area contributed by atoms with Crippen LogP contribution in [0.5, 0.6) is 5.75 Å². The molecule has 0 spiro atoms. The summed E-state index contributed by atoms with van der Waals surface area (Å²) in [5.41, 5.74) is 0.539. The lowest BCUT2D eigenvalue weighted by atomic mass is 10.3. The van der Waals surface area contributed by atoms with Crippen molar-refractivity contribution in [1.29, 1.82) is 0 Å². The van der Waals surface area contributed by atoms with Gasteiger partial charge in [-0.3, -0.25) is 9.29 Å². The van der Waals surface area contributed by atoms with Crippen LogP contribution in [0.15, 0.2) is 48.9 Å². The lowest BCUT2D eigenvalue weighted by molar-refractivity contribution is 0.339. The molecule has 1 aromatic heterocycles. The Labute approximate surface area is 156 Å². The molecule has 0 bridgehead atoms. The fraction of sp³-hybridized carbons (Fsp3) is 0.188. The molecule has 0 saturated heterocycles. The Balaban J connectivity index is 2.06. The smallest absolute Gasteiger partial charge is 0.419 e. The number of sulfonamides is 1. The summed E-state index contributed by atoms with van der Waals surface area (Å²) < 4.78 is 53.3. The van der Waals surface area contributed by atoms with Gasteiger partial charge in [-0.2, -0.15) is 0 Å². The lowest BCUT2D eigenvalue weighted by Crippen LogP contribution is -2.14. The third-order valence-corrected chi connectivity index (χ3v) is 5.57. The van der Waals surface area contributed by atoms with Gasteiger partial charge in [0.15, 0.2) is 11.3 Å². The molecule has 0 aliphatic carbocycles. The van der Waals surface area contributed by atoms with Crippen LogP contribution >= 0.6 is 15.9 Å². The van der Waals surface area contributed by atoms with Gasteiger partial charge in [-0.25, -0.2) is 17.6 Å². The molecule has 0 radical (unpaired) electrons. The molecule has 0 aliphatic heterocycles. The largest absolute Gasteiger partial charge is 0.490 e. The fourth-order valence-electron chi connectivity index (χ4n) is 2.41. The molecule has 0 amide bonds. The number of nitrogens with one attached hydrogen (secondary N) is 1. The number of aromatic nitrogens is 1. The summed E-state index contributed by atoms with van der Waals surface area (Å²) in [4.78, 5) is 11.4. The van der Waals surface area contributed by atoms with E-state index >= 15 is 0 Å². The summed E-state index contributed by atoms with van der Waals surface area (Å²) in [6.45, 7) is 1.99. The number of oxazole rings is 1. The zero-order chi connectivity index (χ0) is 19.1. The summed E-state index contributed by atoms with van der Waals surface area (Å²) in [5.74, 6) is -1.07. The topological polar surface area (TPSA) is 90.5 Å². The summed E-state index contributed by atoms with van der Waals surface area (Å²) in [5, 5.41) is 0. The normalized spacial score (nSPS) is 11.7. The average Bonchev–Trinajstić information content (AvgIpc) is 2.84. The first-order chi connectivity index (χ1) is 12.2. The van der Waals surface area contributed by atoms with Crippen molar-refractivity contribution in [2.75, 3.05) is 11.3 Å². The van der Waals surface area contributed by atoms with Crippen LogP contribution in [0.3, 0.4) is 0 Å². The van der Waals surface area contributed by atoms with Crippen LogP contribution in [0.4, 0.5) is 10.1 Å². The molecular weight excluding hydrogens is 431 g/mol. The number of anilines is 1. The van der Waals surface area contributed by atoms with Gasteiger partial charge >= 0.3 is 5.76 Å². The molecule has 7 nitrogen and oxygen atoms in total. The number of hydrogen-bond donors (Lipinski definition) is 1. The van der Waals surface area contributed by atoms with Crippen molar-refractivity contribution in [2.24, 2.45) is 7.05 Å². The maximum atomic E-state index is 13.7. The molecule has 1 heterocycles. The quantitative estimate of drug-likeness (QED) is 0.652. The number of halogens is 2. The number of rotatable bonds is 5. The molecule has 2 aromatic carbocycles. The van der Waals surface area contributed by atoms with Gasteiger partial charge in [0, 0.05) is 19.2 Å². The van der Waals surface area contributed by atoms with Crippen LogP contribution in [0.2, 0.25) is 0 Å². The first-order valence-corrected chi connectivity index (χ1v) is 9.75. The van der Waals surface area contributed by atoms with Crippen molar-refractivity contribution in [2.45, 2.75) is 11.8 Å². The summed E-state index contributed by atoms with van der Waals surface area (Å²) in [6.07, 6.45) is 0. The highest BCUT2D eigenvalue weighted by Crippen LogP contribution is 2.36. The maximum Gasteiger partial charge on any atom is 0.419 e. The number of aryl methyl sites for hydroxylation is 1.